The molecule has 0 aliphatic heterocycles. The maximum Gasteiger partial charge on any atom is 0.251 e. The summed E-state index contributed by atoms with van der Waals surface area (Å²) in [7, 11) is 3.10. The average Bonchev–Trinajstić information content (AvgIpc) is 2.63. The molecule has 0 aromatic heterocycles. The van der Waals surface area contributed by atoms with Crippen LogP contribution in [-0.4, -0.2) is 32.6 Å². The number of benzene rings is 2. The minimum Gasteiger partial charge on any atom is -0.493 e. The van der Waals surface area contributed by atoms with Gasteiger partial charge in [-0.2, -0.15) is 0 Å². The van der Waals surface area contributed by atoms with Gasteiger partial charge in [-0.25, -0.2) is 0 Å². The Morgan fingerprint density at radius 3 is 2.27 bits per heavy atom. The van der Waals surface area contributed by atoms with Crippen LogP contribution in [-0.2, 0) is 4.79 Å². The summed E-state index contributed by atoms with van der Waals surface area (Å²) in [6.07, 6.45) is 0.172. The van der Waals surface area contributed by atoms with Crippen molar-refractivity contribution in [1.82, 2.24) is 5.32 Å². The molecular weight excluding hydrogens is 332 g/mol. The van der Waals surface area contributed by atoms with Crippen molar-refractivity contribution < 1.29 is 19.1 Å². The van der Waals surface area contributed by atoms with Gasteiger partial charge in [-0.3, -0.25) is 9.59 Å². The first-order valence-corrected chi connectivity index (χ1v) is 8.32. The van der Waals surface area contributed by atoms with Crippen LogP contribution in [0.2, 0.25) is 0 Å². The van der Waals surface area contributed by atoms with Crippen LogP contribution < -0.4 is 20.1 Å². The number of carbonyl (C=O) groups excluding carboxylic acids is 2. The highest BCUT2D eigenvalue weighted by atomic mass is 16.5. The Hall–Kier alpha value is -3.02. The van der Waals surface area contributed by atoms with Crippen LogP contribution in [0.15, 0.2) is 36.4 Å². The Labute approximate surface area is 153 Å². The fourth-order valence-corrected chi connectivity index (χ4v) is 2.54. The average molecular weight is 356 g/mol. The van der Waals surface area contributed by atoms with Crippen LogP contribution in [0.25, 0.3) is 0 Å². The van der Waals surface area contributed by atoms with Crippen molar-refractivity contribution in [3.63, 3.8) is 0 Å². The number of nitrogens with one attached hydrogen (secondary N) is 2. The summed E-state index contributed by atoms with van der Waals surface area (Å²) in [5, 5.41) is 5.60. The lowest BCUT2D eigenvalue weighted by molar-refractivity contribution is -0.116. The molecule has 0 aliphatic carbocycles. The maximum atomic E-state index is 12.2. The Morgan fingerprint density at radius 1 is 0.962 bits per heavy atom. The van der Waals surface area contributed by atoms with E-state index < -0.39 is 0 Å². The second-order valence-corrected chi connectivity index (χ2v) is 5.89. The third-order valence-electron chi connectivity index (χ3n) is 4.03. The van der Waals surface area contributed by atoms with E-state index in [0.29, 0.717) is 22.7 Å². The zero-order valence-electron chi connectivity index (χ0n) is 15.5. The predicted octanol–water partition coefficient (Wildman–Crippen LogP) is 3.08. The first-order valence-electron chi connectivity index (χ1n) is 8.32. The van der Waals surface area contributed by atoms with Crippen molar-refractivity contribution in [1.29, 1.82) is 0 Å². The quantitative estimate of drug-likeness (QED) is 0.799. The molecule has 0 radical (unpaired) electrons. The fraction of sp³-hybridized carbons (Fsp3) is 0.300. The number of rotatable bonds is 7. The topological polar surface area (TPSA) is 76.7 Å². The largest absolute Gasteiger partial charge is 0.493 e. The molecule has 0 aliphatic rings. The van der Waals surface area contributed by atoms with Crippen LogP contribution in [0.4, 0.5) is 5.69 Å². The number of ether oxygens (including phenoxy) is 2. The molecule has 2 N–H and O–H groups in total. The van der Waals surface area contributed by atoms with Gasteiger partial charge in [-0.1, -0.05) is 18.2 Å². The monoisotopic (exact) mass is 356 g/mol. The van der Waals surface area contributed by atoms with Crippen LogP contribution in [0.1, 0.15) is 27.9 Å². The minimum absolute atomic E-state index is 0.172. The molecule has 0 atom stereocenters. The molecule has 0 unspecified atom stereocenters. The second-order valence-electron chi connectivity index (χ2n) is 5.89. The van der Waals surface area contributed by atoms with Gasteiger partial charge < -0.3 is 20.1 Å². The SMILES string of the molecule is COc1cc(C)c(NC(=O)CCNC(=O)c2ccccc2C)cc1OC. The van der Waals surface area contributed by atoms with Gasteiger partial charge in [0.2, 0.25) is 5.91 Å². The van der Waals surface area contributed by atoms with E-state index in [-0.39, 0.29) is 24.8 Å². The third-order valence-corrected chi connectivity index (χ3v) is 4.03. The number of methoxy groups -OCH3 is 2. The minimum atomic E-state index is -0.189. The molecule has 6 nitrogen and oxygen atoms in total. The molecule has 0 heterocycles. The molecule has 0 saturated heterocycles. The summed E-state index contributed by atoms with van der Waals surface area (Å²) in [6.45, 7) is 4.00. The highest BCUT2D eigenvalue weighted by Gasteiger charge is 2.12. The first kappa shape index (κ1) is 19.3. The van der Waals surface area contributed by atoms with Gasteiger partial charge in [0, 0.05) is 30.3 Å². The highest BCUT2D eigenvalue weighted by molar-refractivity contribution is 5.96. The molecule has 26 heavy (non-hydrogen) atoms. The Morgan fingerprint density at radius 2 is 1.62 bits per heavy atom. The van der Waals surface area contributed by atoms with E-state index >= 15 is 0 Å². The van der Waals surface area contributed by atoms with Crippen molar-refractivity contribution in [2.24, 2.45) is 0 Å². The van der Waals surface area contributed by atoms with E-state index in [4.69, 9.17) is 9.47 Å². The van der Waals surface area contributed by atoms with Crippen molar-refractivity contribution in [2.45, 2.75) is 20.3 Å². The number of anilines is 1. The number of carbonyl (C=O) groups is 2. The number of amides is 2. The zero-order valence-corrected chi connectivity index (χ0v) is 15.5. The van der Waals surface area contributed by atoms with Gasteiger partial charge in [0.1, 0.15) is 0 Å². The summed E-state index contributed by atoms with van der Waals surface area (Å²) in [4.78, 5) is 24.3. The van der Waals surface area contributed by atoms with E-state index in [1.165, 1.54) is 0 Å². The number of hydrogen-bond donors (Lipinski definition) is 2. The molecule has 2 aromatic rings. The van der Waals surface area contributed by atoms with Crippen LogP contribution in [0.5, 0.6) is 11.5 Å². The maximum absolute atomic E-state index is 12.2. The van der Waals surface area contributed by atoms with E-state index in [1.807, 2.05) is 32.0 Å². The lowest BCUT2D eigenvalue weighted by Gasteiger charge is -2.14. The van der Waals surface area contributed by atoms with Crippen molar-refractivity contribution in [2.75, 3.05) is 26.1 Å². The predicted molar refractivity (Wildman–Crippen MR) is 101 cm³/mol. The first-order chi connectivity index (χ1) is 12.5. The molecule has 0 fully saturated rings. The van der Waals surface area contributed by atoms with Crippen LogP contribution in [0, 0.1) is 13.8 Å². The zero-order chi connectivity index (χ0) is 19.1. The molecule has 2 amide bonds. The molecule has 2 aromatic carbocycles. The Kier molecular flexibility index (Phi) is 6.60. The highest BCUT2D eigenvalue weighted by Crippen LogP contribution is 2.32. The van der Waals surface area contributed by atoms with E-state index in [0.717, 1.165) is 11.1 Å². The standard InChI is InChI=1S/C20H24N2O4/c1-13-7-5-6-8-15(13)20(24)21-10-9-19(23)22-16-12-18(26-4)17(25-3)11-14(16)2/h5-8,11-12H,9-10H2,1-4H3,(H,21,24)(H,22,23). The Bertz CT molecular complexity index is 802. The molecule has 0 bridgehead atoms. The van der Waals surface area contributed by atoms with Gasteiger partial charge in [0.25, 0.3) is 5.91 Å². The van der Waals surface area contributed by atoms with Gasteiger partial charge in [0.05, 0.1) is 14.2 Å². The molecule has 2 rings (SSSR count). The van der Waals surface area contributed by atoms with Gasteiger partial charge in [0.15, 0.2) is 11.5 Å². The summed E-state index contributed by atoms with van der Waals surface area (Å²) in [6, 6.07) is 10.9. The molecule has 0 saturated carbocycles. The molecule has 138 valence electrons. The van der Waals surface area contributed by atoms with E-state index in [9.17, 15) is 9.59 Å². The van der Waals surface area contributed by atoms with Gasteiger partial charge in [-0.15, -0.1) is 0 Å². The Balaban J connectivity index is 1.91. The molecule has 6 heteroatoms. The lowest BCUT2D eigenvalue weighted by Crippen LogP contribution is -2.28. The van der Waals surface area contributed by atoms with Crippen molar-refractivity contribution in [3.8, 4) is 11.5 Å². The van der Waals surface area contributed by atoms with Crippen molar-refractivity contribution >= 4 is 17.5 Å². The molecular formula is C20H24N2O4. The number of hydrogen-bond acceptors (Lipinski definition) is 4. The third kappa shape index (κ3) is 4.75. The summed E-state index contributed by atoms with van der Waals surface area (Å²) < 4.78 is 10.5. The summed E-state index contributed by atoms with van der Waals surface area (Å²) in [5.74, 6) is 0.776. The van der Waals surface area contributed by atoms with Crippen LogP contribution in [0.3, 0.4) is 0 Å². The van der Waals surface area contributed by atoms with E-state index in [2.05, 4.69) is 10.6 Å². The molecule has 0 spiro atoms. The van der Waals surface area contributed by atoms with Crippen molar-refractivity contribution in [3.05, 3.63) is 53.1 Å². The van der Waals surface area contributed by atoms with Gasteiger partial charge >= 0.3 is 0 Å². The van der Waals surface area contributed by atoms with Crippen LogP contribution >= 0.6 is 0 Å². The smallest absolute Gasteiger partial charge is 0.251 e. The second kappa shape index (κ2) is 8.89. The normalized spacial score (nSPS) is 10.2. The number of aryl methyl sites for hydroxylation is 2. The van der Waals surface area contributed by atoms with Gasteiger partial charge in [-0.05, 0) is 37.1 Å². The van der Waals surface area contributed by atoms with E-state index in [1.54, 1.807) is 32.4 Å². The summed E-state index contributed by atoms with van der Waals surface area (Å²) in [5.41, 5.74) is 3.02. The fourth-order valence-electron chi connectivity index (χ4n) is 2.54. The summed E-state index contributed by atoms with van der Waals surface area (Å²) >= 11 is 0. The lowest BCUT2D eigenvalue weighted by atomic mass is 10.1.